The van der Waals surface area contributed by atoms with E-state index in [1.54, 1.807) is 18.3 Å². The smallest absolute Gasteiger partial charge is 0.343 e. The molecule has 3 rings (SSSR count). The van der Waals surface area contributed by atoms with E-state index in [9.17, 15) is 4.79 Å². The second kappa shape index (κ2) is 4.93. The van der Waals surface area contributed by atoms with Crippen molar-refractivity contribution in [1.82, 2.24) is 14.6 Å². The molecule has 0 saturated carbocycles. The molecule has 0 aromatic carbocycles. The van der Waals surface area contributed by atoms with Crippen molar-refractivity contribution in [3.05, 3.63) is 34.7 Å². The molecule has 0 unspecified atom stereocenters. The first-order chi connectivity index (χ1) is 9.70. The van der Waals surface area contributed by atoms with Gasteiger partial charge in [-0.2, -0.15) is 21.0 Å². The van der Waals surface area contributed by atoms with Gasteiger partial charge in [-0.15, -0.1) is 0 Å². The van der Waals surface area contributed by atoms with Gasteiger partial charge < -0.3 is 10.5 Å². The topological polar surface area (TPSA) is 82.5 Å². The van der Waals surface area contributed by atoms with Gasteiger partial charge in [0.15, 0.2) is 5.65 Å². The zero-order valence-electron chi connectivity index (χ0n) is 10.7. The van der Waals surface area contributed by atoms with Gasteiger partial charge in [0.2, 0.25) is 0 Å². The van der Waals surface area contributed by atoms with Crippen molar-refractivity contribution in [2.45, 2.75) is 6.92 Å². The number of nitrogen functional groups attached to an aromatic ring is 1. The molecule has 3 aromatic rings. The molecule has 0 atom stereocenters. The Kier molecular flexibility index (Phi) is 3.11. The van der Waals surface area contributed by atoms with E-state index in [1.807, 2.05) is 22.9 Å². The van der Waals surface area contributed by atoms with Crippen LogP contribution in [-0.2, 0) is 4.74 Å². The van der Waals surface area contributed by atoms with Gasteiger partial charge in [-0.25, -0.2) is 9.78 Å². The van der Waals surface area contributed by atoms with Crippen LogP contribution in [0.2, 0.25) is 0 Å². The molecule has 0 fully saturated rings. The number of rotatable bonds is 3. The van der Waals surface area contributed by atoms with Crippen molar-refractivity contribution in [2.75, 3.05) is 12.3 Å². The minimum atomic E-state index is -0.494. The summed E-state index contributed by atoms with van der Waals surface area (Å²) in [5.41, 5.74) is 8.56. The summed E-state index contributed by atoms with van der Waals surface area (Å²) in [7, 11) is 0. The van der Waals surface area contributed by atoms with E-state index in [1.165, 1.54) is 10.7 Å². The van der Waals surface area contributed by atoms with Gasteiger partial charge in [-0.1, -0.05) is 0 Å². The summed E-state index contributed by atoms with van der Waals surface area (Å²) in [6.07, 6.45) is 1.42. The van der Waals surface area contributed by atoms with Crippen LogP contribution in [0.3, 0.4) is 0 Å². The SMILES string of the molecule is CCOC(=O)c1cnc2cc(-c3ccsc3)nn2c1N. The Morgan fingerprint density at radius 3 is 3.10 bits per heavy atom. The molecule has 3 heterocycles. The second-order valence-electron chi connectivity index (χ2n) is 4.09. The van der Waals surface area contributed by atoms with Crippen molar-refractivity contribution < 1.29 is 9.53 Å². The zero-order valence-corrected chi connectivity index (χ0v) is 11.6. The van der Waals surface area contributed by atoms with Crippen LogP contribution in [-0.4, -0.2) is 27.2 Å². The first-order valence-electron chi connectivity index (χ1n) is 6.04. The van der Waals surface area contributed by atoms with E-state index < -0.39 is 5.97 Å². The number of anilines is 1. The summed E-state index contributed by atoms with van der Waals surface area (Å²) < 4.78 is 6.40. The Hall–Kier alpha value is -2.41. The lowest BCUT2D eigenvalue weighted by atomic mass is 10.2. The van der Waals surface area contributed by atoms with Gasteiger partial charge in [0.25, 0.3) is 0 Å². The Balaban J connectivity index is 2.11. The molecular formula is C13H12N4O2S. The summed E-state index contributed by atoms with van der Waals surface area (Å²) in [5, 5.41) is 8.35. The maximum absolute atomic E-state index is 11.8. The number of hydrogen-bond acceptors (Lipinski definition) is 6. The minimum Gasteiger partial charge on any atom is -0.462 e. The summed E-state index contributed by atoms with van der Waals surface area (Å²) in [4.78, 5) is 16.0. The standard InChI is InChI=1S/C13H12N4O2S/c1-2-19-13(18)9-6-15-11-5-10(8-3-4-20-7-8)16-17(11)12(9)14/h3-7H,2,14H2,1H3. The van der Waals surface area contributed by atoms with Crippen LogP contribution in [0.15, 0.2) is 29.1 Å². The molecule has 0 aliphatic carbocycles. The minimum absolute atomic E-state index is 0.222. The van der Waals surface area contributed by atoms with Gasteiger partial charge in [-0.05, 0) is 18.4 Å². The molecule has 102 valence electrons. The molecule has 20 heavy (non-hydrogen) atoms. The predicted molar refractivity (Wildman–Crippen MR) is 76.7 cm³/mol. The molecule has 0 saturated heterocycles. The van der Waals surface area contributed by atoms with Gasteiger partial charge >= 0.3 is 5.97 Å². The normalized spacial score (nSPS) is 10.8. The fraction of sp³-hybridized carbons (Fsp3) is 0.154. The average Bonchev–Trinajstić information content (AvgIpc) is 3.08. The average molecular weight is 288 g/mol. The van der Waals surface area contributed by atoms with Crippen LogP contribution < -0.4 is 5.73 Å². The number of fused-ring (bicyclic) bond motifs is 1. The number of nitrogens with two attached hydrogens (primary N) is 1. The zero-order chi connectivity index (χ0) is 14.1. The molecule has 2 N–H and O–H groups in total. The van der Waals surface area contributed by atoms with E-state index >= 15 is 0 Å². The largest absolute Gasteiger partial charge is 0.462 e. The van der Waals surface area contributed by atoms with Gasteiger partial charge in [-0.3, -0.25) is 0 Å². The van der Waals surface area contributed by atoms with Crippen LogP contribution >= 0.6 is 11.3 Å². The molecule has 3 aromatic heterocycles. The highest BCUT2D eigenvalue weighted by Gasteiger charge is 2.16. The molecular weight excluding hydrogens is 276 g/mol. The van der Waals surface area contributed by atoms with Crippen molar-refractivity contribution >= 4 is 28.8 Å². The third kappa shape index (κ3) is 2.01. The Morgan fingerprint density at radius 1 is 1.55 bits per heavy atom. The highest BCUT2D eigenvalue weighted by atomic mass is 32.1. The third-order valence-electron chi connectivity index (χ3n) is 2.83. The fourth-order valence-corrected chi connectivity index (χ4v) is 2.52. The number of esters is 1. The molecule has 0 aliphatic heterocycles. The Bertz CT molecular complexity index is 764. The molecule has 0 radical (unpaired) electrons. The molecule has 0 spiro atoms. The highest BCUT2D eigenvalue weighted by molar-refractivity contribution is 7.08. The second-order valence-corrected chi connectivity index (χ2v) is 4.87. The quantitative estimate of drug-likeness (QED) is 0.747. The molecule has 6 nitrogen and oxygen atoms in total. The number of carbonyl (C=O) groups is 1. The van der Waals surface area contributed by atoms with Crippen LogP contribution in [0.1, 0.15) is 17.3 Å². The van der Waals surface area contributed by atoms with Gasteiger partial charge in [0.1, 0.15) is 11.4 Å². The summed E-state index contributed by atoms with van der Waals surface area (Å²) in [6, 6.07) is 3.79. The van der Waals surface area contributed by atoms with Crippen molar-refractivity contribution in [2.24, 2.45) is 0 Å². The highest BCUT2D eigenvalue weighted by Crippen LogP contribution is 2.23. The fourth-order valence-electron chi connectivity index (χ4n) is 1.87. The maximum atomic E-state index is 11.8. The van der Waals surface area contributed by atoms with Crippen LogP contribution in [0.5, 0.6) is 0 Å². The van der Waals surface area contributed by atoms with Gasteiger partial charge in [0.05, 0.1) is 12.3 Å². The van der Waals surface area contributed by atoms with Crippen LogP contribution in [0.25, 0.3) is 16.9 Å². The summed E-state index contributed by atoms with van der Waals surface area (Å²) >= 11 is 1.59. The first-order valence-corrected chi connectivity index (χ1v) is 6.99. The number of ether oxygens (including phenoxy) is 1. The molecule has 7 heteroatoms. The molecule has 0 amide bonds. The van der Waals surface area contributed by atoms with Crippen molar-refractivity contribution in [3.8, 4) is 11.3 Å². The van der Waals surface area contributed by atoms with Crippen LogP contribution in [0, 0.1) is 0 Å². The lowest BCUT2D eigenvalue weighted by molar-refractivity contribution is 0.0526. The number of thiophene rings is 1. The molecule has 0 aliphatic rings. The van der Waals surface area contributed by atoms with E-state index in [0.717, 1.165) is 11.3 Å². The van der Waals surface area contributed by atoms with Gasteiger partial charge in [0, 0.05) is 23.2 Å². The predicted octanol–water partition coefficient (Wildman–Crippen LogP) is 2.22. The van der Waals surface area contributed by atoms with E-state index in [4.69, 9.17) is 10.5 Å². The number of hydrogen-bond donors (Lipinski definition) is 1. The summed E-state index contributed by atoms with van der Waals surface area (Å²) in [6.45, 7) is 2.03. The van der Waals surface area contributed by atoms with E-state index in [2.05, 4.69) is 10.1 Å². The monoisotopic (exact) mass is 288 g/mol. The van der Waals surface area contributed by atoms with E-state index in [-0.39, 0.29) is 18.0 Å². The number of aromatic nitrogens is 3. The van der Waals surface area contributed by atoms with Crippen molar-refractivity contribution in [1.29, 1.82) is 0 Å². The first kappa shape index (κ1) is 12.6. The Morgan fingerprint density at radius 2 is 2.40 bits per heavy atom. The third-order valence-corrected chi connectivity index (χ3v) is 3.52. The molecule has 0 bridgehead atoms. The maximum Gasteiger partial charge on any atom is 0.343 e. The van der Waals surface area contributed by atoms with Crippen molar-refractivity contribution in [3.63, 3.8) is 0 Å². The summed E-state index contributed by atoms with van der Waals surface area (Å²) in [5.74, 6) is -0.262. The number of carbonyl (C=O) groups excluding carboxylic acids is 1. The lowest BCUT2D eigenvalue weighted by Gasteiger charge is -2.05. The number of nitrogens with zero attached hydrogens (tertiary/aromatic N) is 3. The van der Waals surface area contributed by atoms with Crippen LogP contribution in [0.4, 0.5) is 5.82 Å². The Labute approximate surface area is 118 Å². The lowest BCUT2D eigenvalue weighted by Crippen LogP contribution is -2.12. The van der Waals surface area contributed by atoms with E-state index in [0.29, 0.717) is 5.65 Å².